The smallest absolute Gasteiger partial charge is 0.316 e. The van der Waals surface area contributed by atoms with E-state index in [0.717, 1.165) is 18.4 Å². The van der Waals surface area contributed by atoms with Crippen molar-refractivity contribution in [2.75, 3.05) is 13.7 Å². The van der Waals surface area contributed by atoms with E-state index in [-0.39, 0.29) is 18.7 Å². The zero-order valence-corrected chi connectivity index (χ0v) is 12.6. The van der Waals surface area contributed by atoms with Crippen LogP contribution in [0.2, 0.25) is 0 Å². The third-order valence-corrected chi connectivity index (χ3v) is 5.33. The molecule has 0 aliphatic carbocycles. The van der Waals surface area contributed by atoms with Crippen molar-refractivity contribution in [1.82, 2.24) is 4.90 Å². The van der Waals surface area contributed by atoms with Crippen LogP contribution >= 0.6 is 0 Å². The number of morpholine rings is 1. The SMILES string of the molecule is CN1C2CC(OC(=O)[C@H](CO)c3ccccc3)CC1[C@H]1O[C@H]21. The lowest BCUT2D eigenvalue weighted by Crippen LogP contribution is -2.48. The topological polar surface area (TPSA) is 62.3 Å². The van der Waals surface area contributed by atoms with Crippen molar-refractivity contribution >= 4 is 5.97 Å². The Hall–Kier alpha value is -1.43. The predicted molar refractivity (Wildman–Crippen MR) is 79.4 cm³/mol. The third kappa shape index (κ3) is 2.24. The molecule has 0 spiro atoms. The molecule has 1 aromatic carbocycles. The van der Waals surface area contributed by atoms with Gasteiger partial charge in [-0.25, -0.2) is 0 Å². The van der Waals surface area contributed by atoms with Crippen LogP contribution < -0.4 is 0 Å². The van der Waals surface area contributed by atoms with Crippen molar-refractivity contribution in [1.29, 1.82) is 0 Å². The number of epoxide rings is 1. The highest BCUT2D eigenvalue weighted by molar-refractivity contribution is 5.78. The van der Waals surface area contributed by atoms with Gasteiger partial charge in [-0.1, -0.05) is 30.3 Å². The molecule has 3 aliphatic rings. The number of piperidine rings is 1. The number of ether oxygens (including phenoxy) is 2. The van der Waals surface area contributed by atoms with Crippen molar-refractivity contribution in [3.8, 4) is 0 Å². The van der Waals surface area contributed by atoms with Crippen LogP contribution in [0.15, 0.2) is 30.3 Å². The van der Waals surface area contributed by atoms with Crippen LogP contribution in [0.25, 0.3) is 0 Å². The van der Waals surface area contributed by atoms with Crippen LogP contribution in [0.5, 0.6) is 0 Å². The molecule has 22 heavy (non-hydrogen) atoms. The number of fused-ring (bicyclic) bond motifs is 5. The Morgan fingerprint density at radius 3 is 2.55 bits per heavy atom. The fraction of sp³-hybridized carbons (Fsp3) is 0.588. The van der Waals surface area contributed by atoms with Crippen LogP contribution in [-0.4, -0.2) is 60.0 Å². The lowest BCUT2D eigenvalue weighted by atomic mass is 9.97. The van der Waals surface area contributed by atoms with E-state index in [1.807, 2.05) is 30.3 Å². The van der Waals surface area contributed by atoms with Gasteiger partial charge in [-0.15, -0.1) is 0 Å². The lowest BCUT2D eigenvalue weighted by Gasteiger charge is -2.38. The molecule has 0 aromatic heterocycles. The number of carbonyl (C=O) groups excluding carboxylic acids is 1. The van der Waals surface area contributed by atoms with Gasteiger partial charge >= 0.3 is 5.97 Å². The molecule has 0 radical (unpaired) electrons. The quantitative estimate of drug-likeness (QED) is 0.662. The Labute approximate surface area is 129 Å². The van der Waals surface area contributed by atoms with Crippen LogP contribution in [0.1, 0.15) is 24.3 Å². The fourth-order valence-corrected chi connectivity index (χ4v) is 4.04. The Balaban J connectivity index is 1.42. The molecule has 0 amide bonds. The summed E-state index contributed by atoms with van der Waals surface area (Å²) in [5, 5.41) is 9.56. The molecule has 2 unspecified atom stereocenters. The number of nitrogens with zero attached hydrogens (tertiary/aromatic N) is 1. The molecule has 3 aliphatic heterocycles. The van der Waals surface area contributed by atoms with E-state index in [1.165, 1.54) is 0 Å². The summed E-state index contributed by atoms with van der Waals surface area (Å²) in [5.41, 5.74) is 0.803. The summed E-state index contributed by atoms with van der Waals surface area (Å²) < 4.78 is 11.4. The summed E-state index contributed by atoms with van der Waals surface area (Å²) in [6.45, 7) is -0.226. The molecule has 118 valence electrons. The van der Waals surface area contributed by atoms with E-state index < -0.39 is 5.92 Å². The second-order valence-electron chi connectivity index (χ2n) is 6.54. The molecular weight excluding hydrogens is 282 g/mol. The summed E-state index contributed by atoms with van der Waals surface area (Å²) in [7, 11) is 2.13. The molecule has 1 aromatic rings. The number of aliphatic hydroxyl groups excluding tert-OH is 1. The second kappa shape index (κ2) is 5.33. The van der Waals surface area contributed by atoms with E-state index in [4.69, 9.17) is 9.47 Å². The summed E-state index contributed by atoms with van der Waals surface area (Å²) in [5.74, 6) is -0.915. The van der Waals surface area contributed by atoms with Gasteiger partial charge in [0.1, 0.15) is 24.2 Å². The molecule has 3 saturated heterocycles. The van der Waals surface area contributed by atoms with Gasteiger partial charge in [0.05, 0.1) is 6.61 Å². The largest absolute Gasteiger partial charge is 0.462 e. The van der Waals surface area contributed by atoms with Crippen LogP contribution in [0, 0.1) is 0 Å². The summed E-state index contributed by atoms with van der Waals surface area (Å²) in [6, 6.07) is 10.1. The highest BCUT2D eigenvalue weighted by Gasteiger charge is 2.62. The average molecular weight is 303 g/mol. The first-order chi connectivity index (χ1) is 10.7. The van der Waals surface area contributed by atoms with Gasteiger partial charge in [0.2, 0.25) is 0 Å². The number of aliphatic hydroxyl groups is 1. The molecule has 4 rings (SSSR count). The molecule has 1 N–H and O–H groups in total. The first-order valence-electron chi connectivity index (χ1n) is 7.92. The van der Waals surface area contributed by atoms with Gasteiger partial charge in [-0.05, 0) is 12.6 Å². The zero-order chi connectivity index (χ0) is 15.3. The molecule has 3 heterocycles. The Morgan fingerprint density at radius 2 is 1.95 bits per heavy atom. The molecule has 3 fully saturated rings. The van der Waals surface area contributed by atoms with Crippen LogP contribution in [-0.2, 0) is 14.3 Å². The number of esters is 1. The van der Waals surface area contributed by atoms with Gasteiger partial charge < -0.3 is 14.6 Å². The number of likely N-dealkylation sites (N-methyl/N-ethyl adjacent to an activating group) is 1. The van der Waals surface area contributed by atoms with Crippen molar-refractivity contribution in [2.24, 2.45) is 0 Å². The summed E-state index contributed by atoms with van der Waals surface area (Å²) in [4.78, 5) is 14.8. The highest BCUT2D eigenvalue weighted by atomic mass is 16.6. The monoisotopic (exact) mass is 303 g/mol. The minimum absolute atomic E-state index is 0.0622. The van der Waals surface area contributed by atoms with Crippen molar-refractivity contribution in [3.05, 3.63) is 35.9 Å². The number of benzene rings is 1. The standard InChI is InChI=1S/C17H21NO4/c1-18-13-7-11(8-14(18)16-15(13)22-16)21-17(20)12(9-19)10-5-3-2-4-6-10/h2-6,11-16,19H,7-9H2,1H3/t11?,12-,13?,14?,15-,16-/m1/s1. The molecule has 2 bridgehead atoms. The maximum atomic E-state index is 12.4. The zero-order valence-electron chi connectivity index (χ0n) is 12.6. The van der Waals surface area contributed by atoms with E-state index in [9.17, 15) is 9.90 Å². The highest BCUT2D eigenvalue weighted by Crippen LogP contribution is 2.48. The Morgan fingerprint density at radius 1 is 1.32 bits per heavy atom. The van der Waals surface area contributed by atoms with Crippen molar-refractivity contribution < 1.29 is 19.4 Å². The lowest BCUT2D eigenvalue weighted by molar-refractivity contribution is -0.156. The van der Waals surface area contributed by atoms with E-state index in [0.29, 0.717) is 24.3 Å². The normalized spacial score (nSPS) is 37.5. The van der Waals surface area contributed by atoms with Gasteiger partial charge in [0.15, 0.2) is 0 Å². The predicted octanol–water partition coefficient (Wildman–Crippen LogP) is 0.918. The minimum atomic E-state index is -0.593. The van der Waals surface area contributed by atoms with Gasteiger partial charge in [0, 0.05) is 24.9 Å². The van der Waals surface area contributed by atoms with E-state index in [1.54, 1.807) is 0 Å². The Bertz CT molecular complexity index is 545. The van der Waals surface area contributed by atoms with E-state index >= 15 is 0 Å². The molecule has 0 saturated carbocycles. The molecule has 5 nitrogen and oxygen atoms in total. The first-order valence-corrected chi connectivity index (χ1v) is 7.92. The average Bonchev–Trinajstić information content (AvgIpc) is 3.27. The van der Waals surface area contributed by atoms with Gasteiger partial charge in [-0.2, -0.15) is 0 Å². The fourth-order valence-electron chi connectivity index (χ4n) is 4.04. The van der Waals surface area contributed by atoms with Gasteiger partial charge in [-0.3, -0.25) is 9.69 Å². The maximum Gasteiger partial charge on any atom is 0.316 e. The van der Waals surface area contributed by atoms with Crippen molar-refractivity contribution in [3.63, 3.8) is 0 Å². The molecular formula is C17H21NO4. The number of carbonyl (C=O) groups is 1. The van der Waals surface area contributed by atoms with E-state index in [2.05, 4.69) is 11.9 Å². The minimum Gasteiger partial charge on any atom is -0.462 e. The molecule has 5 atom stereocenters. The van der Waals surface area contributed by atoms with Crippen molar-refractivity contribution in [2.45, 2.75) is 49.2 Å². The molecule has 5 heteroatoms. The summed E-state index contributed by atoms with van der Waals surface area (Å²) in [6.07, 6.45) is 2.26. The summed E-state index contributed by atoms with van der Waals surface area (Å²) >= 11 is 0. The van der Waals surface area contributed by atoms with Crippen LogP contribution in [0.3, 0.4) is 0 Å². The Kier molecular flexibility index (Phi) is 3.44. The first kappa shape index (κ1) is 14.2. The third-order valence-electron chi connectivity index (χ3n) is 5.33. The number of rotatable bonds is 4. The second-order valence-corrected chi connectivity index (χ2v) is 6.54. The number of hydrogen-bond donors (Lipinski definition) is 1. The van der Waals surface area contributed by atoms with Crippen LogP contribution in [0.4, 0.5) is 0 Å². The maximum absolute atomic E-state index is 12.4. The number of hydrogen-bond acceptors (Lipinski definition) is 5. The van der Waals surface area contributed by atoms with Gasteiger partial charge in [0.25, 0.3) is 0 Å².